The van der Waals surface area contributed by atoms with Crippen LogP contribution in [0.1, 0.15) is 46.0 Å². The van der Waals surface area contributed by atoms with E-state index in [2.05, 4.69) is 35.6 Å². The van der Waals surface area contributed by atoms with E-state index in [4.69, 9.17) is 5.73 Å². The predicted octanol–water partition coefficient (Wildman–Crippen LogP) is 6.03. The molecule has 2 aromatic rings. The minimum Gasteiger partial charge on any atom is -0.393 e. The number of amides is 4. The summed E-state index contributed by atoms with van der Waals surface area (Å²) in [5, 5.41) is 10.6. The lowest BCUT2D eigenvalue weighted by Gasteiger charge is -2.48. The first-order chi connectivity index (χ1) is 23.5. The third-order valence-corrected chi connectivity index (χ3v) is 8.24. The Kier molecular flexibility index (Phi) is 12.3. The van der Waals surface area contributed by atoms with Crippen LogP contribution in [0.2, 0.25) is 0 Å². The number of nitrogens with one attached hydrogen (secondary N) is 2. The lowest BCUT2D eigenvalue weighted by Crippen LogP contribution is -2.65. The van der Waals surface area contributed by atoms with Crippen molar-refractivity contribution in [3.63, 3.8) is 0 Å². The average molecular weight is 675 g/mol. The molecule has 0 bridgehead atoms. The fourth-order valence-electron chi connectivity index (χ4n) is 5.95. The summed E-state index contributed by atoms with van der Waals surface area (Å²) in [5.74, 6) is -2.02. The first-order valence-corrected chi connectivity index (χ1v) is 16.2. The van der Waals surface area contributed by atoms with E-state index in [9.17, 15) is 23.2 Å². The van der Waals surface area contributed by atoms with Crippen molar-refractivity contribution in [2.24, 2.45) is 5.73 Å². The minimum absolute atomic E-state index is 0.0578. The molecule has 3 aliphatic heterocycles. The number of imide groups is 1. The number of anilines is 1. The van der Waals surface area contributed by atoms with E-state index in [0.717, 1.165) is 17.3 Å². The van der Waals surface area contributed by atoms with E-state index in [1.807, 2.05) is 13.0 Å². The molecule has 1 aromatic heterocycles. The van der Waals surface area contributed by atoms with Gasteiger partial charge in [-0.15, -0.1) is 13.2 Å². The Morgan fingerprint density at radius 2 is 1.82 bits per heavy atom. The summed E-state index contributed by atoms with van der Waals surface area (Å²) in [5.41, 5.74) is 7.40. The normalized spacial score (nSPS) is 22.1. The molecule has 1 atom stereocenters. The monoisotopic (exact) mass is 674 g/mol. The van der Waals surface area contributed by atoms with Crippen LogP contribution in [-0.4, -0.2) is 74.6 Å². The highest BCUT2D eigenvalue weighted by molar-refractivity contribution is 6.15. The van der Waals surface area contributed by atoms with Gasteiger partial charge in [-0.3, -0.25) is 24.5 Å². The Bertz CT molecular complexity index is 1720. The van der Waals surface area contributed by atoms with Crippen molar-refractivity contribution in [3.8, 4) is 0 Å². The minimum atomic E-state index is -0.811. The molecule has 1 aromatic carbocycles. The number of likely N-dealkylation sites (N-methyl/N-ethyl adjacent to an activating group) is 1. The molecule has 49 heavy (non-hydrogen) atoms. The smallest absolute Gasteiger partial charge is 0.333 e. The molecule has 11 nitrogen and oxygen atoms in total. The molecule has 4 aliphatic rings. The van der Waals surface area contributed by atoms with Gasteiger partial charge in [0.2, 0.25) is 0 Å². The van der Waals surface area contributed by atoms with Crippen molar-refractivity contribution >= 4 is 34.4 Å². The van der Waals surface area contributed by atoms with E-state index >= 15 is 0 Å². The zero-order chi connectivity index (χ0) is 35.7. The molecule has 1 saturated heterocycles. The SMILES string of the molecule is C=CC.C=CCC.CN1C=C(F)C=C2C(=O)N(C3CCC(NC(=O)/C(N)=C/N4C=C(F)C=CC4)CC3)C(=O)N(c3ccc4[nH]ncc4c3)C21. The number of hydrogen-bond acceptors (Lipinski definition) is 7. The molecular weight excluding hydrogens is 630 g/mol. The number of carbonyl (C=O) groups excluding carboxylic acids is 3. The highest BCUT2D eigenvalue weighted by Crippen LogP contribution is 2.37. The van der Waals surface area contributed by atoms with Gasteiger partial charge in [0, 0.05) is 55.3 Å². The Morgan fingerprint density at radius 1 is 1.12 bits per heavy atom. The fraction of sp³-hybridized carbons (Fsp3) is 0.333. The van der Waals surface area contributed by atoms with Crippen molar-refractivity contribution in [3.05, 3.63) is 109 Å². The average Bonchev–Trinajstić information content (AvgIpc) is 3.55. The molecule has 1 aliphatic carbocycles. The maximum atomic E-state index is 14.5. The van der Waals surface area contributed by atoms with Gasteiger partial charge in [0.25, 0.3) is 11.8 Å². The number of hydrogen-bond donors (Lipinski definition) is 3. The molecule has 6 rings (SSSR count). The second-order valence-electron chi connectivity index (χ2n) is 11.9. The number of aromatic nitrogens is 2. The van der Waals surface area contributed by atoms with Gasteiger partial charge in [-0.25, -0.2) is 13.6 Å². The third kappa shape index (κ3) is 8.53. The van der Waals surface area contributed by atoms with Gasteiger partial charge in [0.15, 0.2) is 0 Å². The standard InChI is InChI=1S/C29H30F2N8O3.C4H8.C3H6/c1-36-14-19(31)12-23-27(36)38(22-8-9-25-17(11-22)13-33-35-25)29(42)39(28(23)41)21-6-4-20(5-7-21)34-26(40)24(32)16-37-10-2-3-18(30)15-37;1-3-4-2;1-3-2/h2-3,8-9,11-16,20-21,27H,4-7,10,32H2,1H3,(H,33,35)(H,34,40);3H,1,4H2,2H3;3H,1H2,2H3/b24-16-;;. The number of nitrogens with zero attached hydrogens (tertiary/aromatic N) is 5. The summed E-state index contributed by atoms with van der Waals surface area (Å²) in [4.78, 5) is 46.2. The number of halogens is 2. The van der Waals surface area contributed by atoms with Crippen molar-refractivity contribution in [1.29, 1.82) is 0 Å². The molecule has 4 heterocycles. The quantitative estimate of drug-likeness (QED) is 0.252. The predicted molar refractivity (Wildman–Crippen MR) is 187 cm³/mol. The number of allylic oxidation sites excluding steroid dienone is 6. The van der Waals surface area contributed by atoms with E-state index in [0.29, 0.717) is 37.9 Å². The van der Waals surface area contributed by atoms with Crippen molar-refractivity contribution in [2.75, 3.05) is 18.5 Å². The summed E-state index contributed by atoms with van der Waals surface area (Å²) in [6.45, 7) is 11.2. The number of H-pyrrole nitrogens is 1. The van der Waals surface area contributed by atoms with Crippen molar-refractivity contribution in [2.45, 2.75) is 64.2 Å². The number of nitrogens with two attached hydrogens (primary N) is 1. The van der Waals surface area contributed by atoms with Gasteiger partial charge in [0.1, 0.15) is 23.5 Å². The van der Waals surface area contributed by atoms with Crippen LogP contribution < -0.4 is 16.0 Å². The van der Waals surface area contributed by atoms with E-state index < -0.39 is 41.7 Å². The first kappa shape index (κ1) is 36.4. The van der Waals surface area contributed by atoms with E-state index in [1.54, 1.807) is 43.6 Å². The number of fused-ring (bicyclic) bond motifs is 2. The van der Waals surface area contributed by atoms with Crippen molar-refractivity contribution in [1.82, 2.24) is 30.2 Å². The molecule has 1 unspecified atom stereocenters. The Labute approximate surface area is 285 Å². The maximum Gasteiger partial charge on any atom is 0.333 e. The van der Waals surface area contributed by atoms with Gasteiger partial charge in [-0.05, 0) is 69.4 Å². The number of urea groups is 1. The molecular formula is C36H44F2N8O3. The third-order valence-electron chi connectivity index (χ3n) is 8.24. The van der Waals surface area contributed by atoms with Crippen LogP contribution in [0.4, 0.5) is 19.3 Å². The second-order valence-corrected chi connectivity index (χ2v) is 11.9. The van der Waals surface area contributed by atoms with Crippen LogP contribution in [0.5, 0.6) is 0 Å². The lowest BCUT2D eigenvalue weighted by molar-refractivity contribution is -0.128. The van der Waals surface area contributed by atoms with Crippen LogP contribution in [0, 0.1) is 0 Å². The number of aromatic amines is 1. The number of carbonyl (C=O) groups is 3. The molecule has 1 saturated carbocycles. The Hall–Kier alpha value is -5.46. The first-order valence-electron chi connectivity index (χ1n) is 16.2. The van der Waals surface area contributed by atoms with E-state index in [-0.39, 0.29) is 17.3 Å². The van der Waals surface area contributed by atoms with Crippen LogP contribution in [0.25, 0.3) is 10.9 Å². The zero-order valence-electron chi connectivity index (χ0n) is 28.1. The summed E-state index contributed by atoms with van der Waals surface area (Å²) in [6.07, 6.45) is 15.5. The van der Waals surface area contributed by atoms with Gasteiger partial charge < -0.3 is 20.9 Å². The number of benzene rings is 1. The van der Waals surface area contributed by atoms with Gasteiger partial charge in [0.05, 0.1) is 17.3 Å². The molecule has 0 spiro atoms. The molecule has 260 valence electrons. The van der Waals surface area contributed by atoms with Crippen LogP contribution in [-0.2, 0) is 9.59 Å². The number of rotatable bonds is 6. The van der Waals surface area contributed by atoms with Crippen LogP contribution >= 0.6 is 0 Å². The lowest BCUT2D eigenvalue weighted by atomic mass is 9.88. The second kappa shape index (κ2) is 16.6. The zero-order valence-corrected chi connectivity index (χ0v) is 28.1. The summed E-state index contributed by atoms with van der Waals surface area (Å²) >= 11 is 0. The highest BCUT2D eigenvalue weighted by atomic mass is 19.1. The molecule has 4 amide bonds. The Balaban J connectivity index is 0.000000710. The van der Waals surface area contributed by atoms with Gasteiger partial charge in [-0.1, -0.05) is 25.2 Å². The maximum absolute atomic E-state index is 14.5. The fourth-order valence-corrected chi connectivity index (χ4v) is 5.95. The summed E-state index contributed by atoms with van der Waals surface area (Å²) in [6, 6.07) is 4.21. The van der Waals surface area contributed by atoms with Crippen molar-refractivity contribution < 1.29 is 23.2 Å². The molecule has 2 fully saturated rings. The summed E-state index contributed by atoms with van der Waals surface area (Å²) in [7, 11) is 1.62. The van der Waals surface area contributed by atoms with Gasteiger partial charge in [-0.2, -0.15) is 5.10 Å². The van der Waals surface area contributed by atoms with E-state index in [1.165, 1.54) is 50.4 Å². The topological polar surface area (TPSA) is 131 Å². The highest BCUT2D eigenvalue weighted by Gasteiger charge is 2.49. The Morgan fingerprint density at radius 3 is 2.47 bits per heavy atom. The van der Waals surface area contributed by atoms with Gasteiger partial charge >= 0.3 is 6.03 Å². The molecule has 13 heteroatoms. The van der Waals surface area contributed by atoms with Crippen LogP contribution in [0.3, 0.4) is 0 Å². The molecule has 4 N–H and O–H groups in total. The van der Waals surface area contributed by atoms with Crippen LogP contribution in [0.15, 0.2) is 109 Å². The largest absolute Gasteiger partial charge is 0.393 e. The molecule has 0 radical (unpaired) electrons. The summed E-state index contributed by atoms with van der Waals surface area (Å²) < 4.78 is 28.0.